The van der Waals surface area contributed by atoms with Crippen molar-refractivity contribution in [3.63, 3.8) is 0 Å². The lowest BCUT2D eigenvalue weighted by Gasteiger charge is -2.40. The second kappa shape index (κ2) is 11.5. The maximum Gasteiger partial charge on any atom is 0.410 e. The van der Waals surface area contributed by atoms with Crippen molar-refractivity contribution in [1.82, 2.24) is 24.8 Å². The molecule has 1 spiro atoms. The number of urea groups is 1. The van der Waals surface area contributed by atoms with Gasteiger partial charge in [-0.15, -0.1) is 0 Å². The summed E-state index contributed by atoms with van der Waals surface area (Å²) in [5.74, 6) is 0. The predicted molar refractivity (Wildman–Crippen MR) is 167 cm³/mol. The van der Waals surface area contributed by atoms with Crippen molar-refractivity contribution < 1.29 is 19.1 Å². The quantitative estimate of drug-likeness (QED) is 0.305. The Morgan fingerprint density at radius 3 is 2.70 bits per heavy atom. The summed E-state index contributed by atoms with van der Waals surface area (Å²) >= 11 is 1.36. The molecule has 12 heteroatoms. The van der Waals surface area contributed by atoms with Crippen molar-refractivity contribution >= 4 is 39.5 Å². The number of likely N-dealkylation sites (tertiary alicyclic amines) is 1. The van der Waals surface area contributed by atoms with Crippen LogP contribution in [-0.4, -0.2) is 80.9 Å². The van der Waals surface area contributed by atoms with Crippen molar-refractivity contribution in [1.29, 1.82) is 5.26 Å². The second-order valence-corrected chi connectivity index (χ2v) is 13.1. The number of nitrogens with one attached hydrogen (secondary N) is 1. The molecule has 4 heterocycles. The molecule has 6 rings (SSSR count). The van der Waals surface area contributed by atoms with Gasteiger partial charge in [0, 0.05) is 29.7 Å². The van der Waals surface area contributed by atoms with Gasteiger partial charge in [0.1, 0.15) is 17.5 Å². The minimum Gasteiger partial charge on any atom is -0.444 e. The summed E-state index contributed by atoms with van der Waals surface area (Å²) in [6.45, 7) is 9.47. The lowest BCUT2D eigenvalue weighted by molar-refractivity contribution is -0.0997. The summed E-state index contributed by atoms with van der Waals surface area (Å²) in [5, 5.41) is 13.9. The second-order valence-electron chi connectivity index (χ2n) is 12.1. The van der Waals surface area contributed by atoms with Gasteiger partial charge in [-0.05, 0) is 63.9 Å². The van der Waals surface area contributed by atoms with E-state index in [1.54, 1.807) is 28.3 Å². The third kappa shape index (κ3) is 6.06. The fourth-order valence-electron chi connectivity index (χ4n) is 5.59. The Hall–Kier alpha value is -4.60. The molecule has 2 fully saturated rings. The zero-order chi connectivity index (χ0) is 31.1. The van der Waals surface area contributed by atoms with Crippen molar-refractivity contribution in [2.45, 2.75) is 45.3 Å². The highest BCUT2D eigenvalue weighted by Crippen LogP contribution is 2.41. The van der Waals surface area contributed by atoms with Crippen LogP contribution in [0.2, 0.25) is 0 Å². The Kier molecular flexibility index (Phi) is 7.69. The number of rotatable bonds is 3. The van der Waals surface area contributed by atoms with E-state index in [9.17, 15) is 14.9 Å². The maximum absolute atomic E-state index is 13.5. The van der Waals surface area contributed by atoms with E-state index in [-0.39, 0.29) is 12.1 Å². The Morgan fingerprint density at radius 1 is 1.09 bits per heavy atom. The molecule has 226 valence electrons. The van der Waals surface area contributed by atoms with Gasteiger partial charge in [0.05, 0.1) is 47.4 Å². The molecule has 0 bridgehead atoms. The fraction of sp³-hybridized carbons (Fsp3) is 0.375. The molecule has 2 saturated heterocycles. The van der Waals surface area contributed by atoms with E-state index in [4.69, 9.17) is 14.5 Å². The molecular formula is C32H33N7O4S. The molecule has 1 unspecified atom stereocenters. The zero-order valence-corrected chi connectivity index (χ0v) is 25.9. The smallest absolute Gasteiger partial charge is 0.410 e. The molecule has 0 radical (unpaired) electrons. The number of carbonyl (C=O) groups excluding carboxylic acids is 2. The summed E-state index contributed by atoms with van der Waals surface area (Å²) in [6, 6.07) is 15.1. The number of anilines is 1. The first-order valence-electron chi connectivity index (χ1n) is 14.4. The van der Waals surface area contributed by atoms with Crippen LogP contribution in [-0.2, 0) is 9.47 Å². The van der Waals surface area contributed by atoms with Gasteiger partial charge in [-0.2, -0.15) is 5.26 Å². The fourth-order valence-corrected chi connectivity index (χ4v) is 6.56. The molecule has 1 N–H and O–H groups in total. The molecule has 3 amide bonds. The van der Waals surface area contributed by atoms with Crippen LogP contribution in [0.1, 0.15) is 38.4 Å². The Bertz CT molecular complexity index is 1790. The van der Waals surface area contributed by atoms with Crippen LogP contribution in [0.15, 0.2) is 48.8 Å². The standard InChI is InChI=1S/C32H33N7O4S/c1-20-24-15-23(8-9-25(24)35-19-34-20)27-26(22-7-5-6-21(14-22)16-33)36-28(44-27)37-29(40)38-11-10-32(17-38)18-39(12-13-42-32)30(41)43-31(2,3)4/h5-9,14-15,19H,10-13,17-18H2,1-4H3,(H,36,37,40). The minimum absolute atomic E-state index is 0.291. The van der Waals surface area contributed by atoms with E-state index in [0.29, 0.717) is 55.6 Å². The van der Waals surface area contributed by atoms with Crippen LogP contribution >= 0.6 is 11.3 Å². The number of fused-ring (bicyclic) bond motifs is 1. The van der Waals surface area contributed by atoms with Crippen molar-refractivity contribution in [3.05, 3.63) is 60.0 Å². The number of carbonyl (C=O) groups is 2. The number of hydrogen-bond donors (Lipinski definition) is 1. The van der Waals surface area contributed by atoms with Gasteiger partial charge in [0.15, 0.2) is 5.13 Å². The van der Waals surface area contributed by atoms with E-state index in [2.05, 4.69) is 21.4 Å². The third-order valence-corrected chi connectivity index (χ3v) is 8.73. The third-order valence-electron chi connectivity index (χ3n) is 7.71. The monoisotopic (exact) mass is 611 g/mol. The van der Waals surface area contributed by atoms with Crippen LogP contribution < -0.4 is 5.32 Å². The van der Waals surface area contributed by atoms with Gasteiger partial charge in [0.25, 0.3) is 0 Å². The topological polar surface area (TPSA) is 134 Å². The van der Waals surface area contributed by atoms with Gasteiger partial charge in [-0.1, -0.05) is 29.5 Å². The van der Waals surface area contributed by atoms with E-state index in [1.165, 1.54) is 11.3 Å². The Labute approximate surface area is 259 Å². The number of benzene rings is 2. The lowest BCUT2D eigenvalue weighted by atomic mass is 10.0. The number of nitriles is 1. The highest BCUT2D eigenvalue weighted by Gasteiger charge is 2.46. The molecule has 4 aromatic rings. The minimum atomic E-state index is -0.644. The van der Waals surface area contributed by atoms with E-state index < -0.39 is 11.2 Å². The number of ether oxygens (including phenoxy) is 2. The zero-order valence-electron chi connectivity index (χ0n) is 25.1. The van der Waals surface area contributed by atoms with Gasteiger partial charge in [0.2, 0.25) is 0 Å². The summed E-state index contributed by atoms with van der Waals surface area (Å²) in [4.78, 5) is 44.0. The first-order chi connectivity index (χ1) is 21.0. The van der Waals surface area contributed by atoms with Crippen LogP contribution in [0.4, 0.5) is 14.7 Å². The molecule has 0 aliphatic carbocycles. The predicted octanol–water partition coefficient (Wildman–Crippen LogP) is 5.84. The van der Waals surface area contributed by atoms with Gasteiger partial charge >= 0.3 is 12.1 Å². The molecular weight excluding hydrogens is 578 g/mol. The van der Waals surface area contributed by atoms with Gasteiger partial charge in [-0.3, -0.25) is 5.32 Å². The number of nitrogens with zero attached hydrogens (tertiary/aromatic N) is 6. The number of aromatic nitrogens is 3. The highest BCUT2D eigenvalue weighted by molar-refractivity contribution is 7.19. The Morgan fingerprint density at radius 2 is 1.91 bits per heavy atom. The normalized spacial score (nSPS) is 18.4. The lowest BCUT2D eigenvalue weighted by Crippen LogP contribution is -2.56. The molecule has 2 aromatic carbocycles. The highest BCUT2D eigenvalue weighted by atomic mass is 32.1. The maximum atomic E-state index is 13.5. The molecule has 0 saturated carbocycles. The van der Waals surface area contributed by atoms with Crippen LogP contribution in [0, 0.1) is 18.3 Å². The summed E-state index contributed by atoms with van der Waals surface area (Å²) in [7, 11) is 0. The molecule has 2 aliphatic heterocycles. The van der Waals surface area contributed by atoms with Crippen molar-refractivity contribution in [3.8, 4) is 27.8 Å². The molecule has 2 aromatic heterocycles. The number of hydrogen-bond acceptors (Lipinski definition) is 9. The molecule has 11 nitrogen and oxygen atoms in total. The van der Waals surface area contributed by atoms with Crippen LogP contribution in [0.3, 0.4) is 0 Å². The largest absolute Gasteiger partial charge is 0.444 e. The van der Waals surface area contributed by atoms with Gasteiger partial charge in [-0.25, -0.2) is 24.5 Å². The van der Waals surface area contributed by atoms with Gasteiger partial charge < -0.3 is 19.3 Å². The van der Waals surface area contributed by atoms with E-state index in [1.807, 2.05) is 58.0 Å². The first kappa shape index (κ1) is 29.5. The number of aryl methyl sites for hydroxylation is 1. The SMILES string of the molecule is Cc1ncnc2ccc(-c3sc(NC(=O)N4CCC5(C4)CN(C(=O)OC(C)(C)C)CCO5)nc3-c3cccc(C#N)c3)cc12. The number of morpholine rings is 1. The molecule has 44 heavy (non-hydrogen) atoms. The summed E-state index contributed by atoms with van der Waals surface area (Å²) in [5.41, 5.74) is 3.33. The van der Waals surface area contributed by atoms with E-state index >= 15 is 0 Å². The van der Waals surface area contributed by atoms with Crippen LogP contribution in [0.25, 0.3) is 32.6 Å². The summed E-state index contributed by atoms with van der Waals surface area (Å²) in [6.07, 6.45) is 1.78. The molecule has 2 aliphatic rings. The van der Waals surface area contributed by atoms with Crippen LogP contribution in [0.5, 0.6) is 0 Å². The molecule has 1 atom stereocenters. The summed E-state index contributed by atoms with van der Waals surface area (Å²) < 4.78 is 11.7. The van der Waals surface area contributed by atoms with Crippen molar-refractivity contribution in [2.24, 2.45) is 0 Å². The first-order valence-corrected chi connectivity index (χ1v) is 15.3. The van der Waals surface area contributed by atoms with Crippen molar-refractivity contribution in [2.75, 3.05) is 38.1 Å². The number of thiazole rings is 1. The average molecular weight is 612 g/mol. The average Bonchev–Trinajstić information content (AvgIpc) is 3.61. The Balaban J connectivity index is 1.25. The van der Waals surface area contributed by atoms with E-state index in [0.717, 1.165) is 32.6 Å². The number of amides is 3.